The number of aliphatic carboxylic acids is 1. The topological polar surface area (TPSA) is 140 Å². The average molecular weight is 520 g/mol. The minimum Gasteiger partial charge on any atom is -0.497 e. The Labute approximate surface area is 219 Å². The molecule has 0 aliphatic heterocycles. The summed E-state index contributed by atoms with van der Waals surface area (Å²) in [4.78, 5) is 35.7. The van der Waals surface area contributed by atoms with Crippen LogP contribution in [0.15, 0.2) is 66.7 Å². The fourth-order valence-electron chi connectivity index (χ4n) is 4.46. The second-order valence-electron chi connectivity index (χ2n) is 8.69. The second kappa shape index (κ2) is 12.0. The molecule has 0 atom stereocenters. The molecule has 4 rings (SSSR count). The molecule has 0 unspecified atom stereocenters. The van der Waals surface area contributed by atoms with Crippen LogP contribution in [0.1, 0.15) is 35.4 Å². The molecule has 1 aliphatic rings. The normalized spacial score (nSPS) is 11.7. The lowest BCUT2D eigenvalue weighted by Crippen LogP contribution is -2.48. The fourth-order valence-corrected chi connectivity index (χ4v) is 4.46. The van der Waals surface area contributed by atoms with Gasteiger partial charge in [0.05, 0.1) is 20.3 Å². The van der Waals surface area contributed by atoms with Crippen LogP contribution in [0.3, 0.4) is 0 Å². The number of methoxy groups -OCH3 is 1. The minimum absolute atomic E-state index is 0.0472. The summed E-state index contributed by atoms with van der Waals surface area (Å²) in [5.74, 6) is -0.197. The number of hydrogen-bond donors (Lipinski definition) is 3. The zero-order chi connectivity index (χ0) is 27.1. The zero-order valence-corrected chi connectivity index (χ0v) is 20.9. The molecule has 10 nitrogen and oxygen atoms in total. The number of amides is 3. The molecule has 0 bridgehead atoms. The van der Waals surface area contributed by atoms with E-state index in [2.05, 4.69) is 5.43 Å². The number of carboxylic acids is 1. The lowest BCUT2D eigenvalue weighted by Gasteiger charge is -2.24. The van der Waals surface area contributed by atoms with E-state index in [1.54, 1.807) is 18.2 Å². The molecule has 4 N–H and O–H groups in total. The second-order valence-corrected chi connectivity index (χ2v) is 8.69. The number of carbonyl (C=O) groups excluding carboxylic acids is 2. The molecule has 3 aromatic carbocycles. The molecule has 38 heavy (non-hydrogen) atoms. The van der Waals surface area contributed by atoms with Gasteiger partial charge in [-0.15, -0.1) is 0 Å². The molecule has 3 amide bonds. The maximum atomic E-state index is 13.1. The highest BCUT2D eigenvalue weighted by atomic mass is 16.6. The number of ether oxygens (including phenoxy) is 3. The standard InChI is InChI=1S/C28H29N3O7/c1-36-19-13-12-18(25(15-19)37-14-6-11-26(32)33)16-31(30-27(29)34)28(35)38-17-24-22-9-4-2-7-20(22)21-8-3-5-10-23(21)24/h2-5,7-10,12-13,15,24H,6,11,14,16-17H2,1H3,(H,32,33)(H3,29,30,34). The number of carbonyl (C=O) groups is 3. The Morgan fingerprint density at radius 3 is 2.26 bits per heavy atom. The van der Waals surface area contributed by atoms with Gasteiger partial charge < -0.3 is 25.1 Å². The predicted octanol–water partition coefficient (Wildman–Crippen LogP) is 4.27. The first-order valence-electron chi connectivity index (χ1n) is 12.1. The maximum absolute atomic E-state index is 13.1. The lowest BCUT2D eigenvalue weighted by molar-refractivity contribution is -0.137. The molecule has 0 fully saturated rings. The molecule has 0 heterocycles. The van der Waals surface area contributed by atoms with Crippen LogP contribution in [0.2, 0.25) is 0 Å². The number of benzene rings is 3. The van der Waals surface area contributed by atoms with Crippen molar-refractivity contribution in [1.29, 1.82) is 0 Å². The third-order valence-corrected chi connectivity index (χ3v) is 6.20. The molecule has 3 aromatic rings. The summed E-state index contributed by atoms with van der Waals surface area (Å²) in [6.45, 7) is 0.0868. The quantitative estimate of drug-likeness (QED) is 0.268. The van der Waals surface area contributed by atoms with E-state index in [4.69, 9.17) is 25.1 Å². The molecule has 0 radical (unpaired) electrons. The summed E-state index contributed by atoms with van der Waals surface area (Å²) >= 11 is 0. The van der Waals surface area contributed by atoms with Gasteiger partial charge in [0.2, 0.25) is 0 Å². The molecular weight excluding hydrogens is 490 g/mol. The van der Waals surface area contributed by atoms with Crippen LogP contribution in [0, 0.1) is 0 Å². The highest BCUT2D eigenvalue weighted by Gasteiger charge is 2.30. The lowest BCUT2D eigenvalue weighted by atomic mass is 9.98. The third kappa shape index (κ3) is 6.15. The van der Waals surface area contributed by atoms with Crippen molar-refractivity contribution >= 4 is 18.1 Å². The number of nitrogens with one attached hydrogen (secondary N) is 1. The first kappa shape index (κ1) is 26.3. The van der Waals surface area contributed by atoms with Crippen LogP contribution in [0.25, 0.3) is 11.1 Å². The van der Waals surface area contributed by atoms with Crippen molar-refractivity contribution in [3.8, 4) is 22.6 Å². The van der Waals surface area contributed by atoms with Crippen molar-refractivity contribution in [2.75, 3.05) is 20.3 Å². The summed E-state index contributed by atoms with van der Waals surface area (Å²) in [6, 6.07) is 20.0. The van der Waals surface area contributed by atoms with E-state index in [-0.39, 0.29) is 32.1 Å². The molecule has 0 saturated heterocycles. The Kier molecular flexibility index (Phi) is 8.32. The monoisotopic (exact) mass is 519 g/mol. The summed E-state index contributed by atoms with van der Waals surface area (Å²) in [7, 11) is 1.50. The van der Waals surface area contributed by atoms with E-state index in [0.29, 0.717) is 23.5 Å². The maximum Gasteiger partial charge on any atom is 0.429 e. The molecule has 1 aliphatic carbocycles. The van der Waals surface area contributed by atoms with Gasteiger partial charge in [0.1, 0.15) is 18.1 Å². The molecule has 198 valence electrons. The predicted molar refractivity (Wildman–Crippen MR) is 139 cm³/mol. The number of fused-ring (bicyclic) bond motifs is 3. The van der Waals surface area contributed by atoms with Crippen molar-refractivity contribution in [3.05, 3.63) is 83.4 Å². The zero-order valence-electron chi connectivity index (χ0n) is 20.9. The van der Waals surface area contributed by atoms with Crippen LogP contribution >= 0.6 is 0 Å². The van der Waals surface area contributed by atoms with Crippen LogP contribution in [0.5, 0.6) is 11.5 Å². The highest BCUT2D eigenvalue weighted by Crippen LogP contribution is 2.44. The van der Waals surface area contributed by atoms with Gasteiger partial charge in [-0.1, -0.05) is 48.5 Å². The summed E-state index contributed by atoms with van der Waals surface area (Å²) < 4.78 is 16.7. The van der Waals surface area contributed by atoms with Gasteiger partial charge in [0.15, 0.2) is 0 Å². The number of primary amides is 1. The van der Waals surface area contributed by atoms with Crippen molar-refractivity contribution in [2.24, 2.45) is 5.73 Å². The van der Waals surface area contributed by atoms with Crippen molar-refractivity contribution < 1.29 is 33.7 Å². The van der Waals surface area contributed by atoms with Crippen molar-refractivity contribution in [1.82, 2.24) is 10.4 Å². The number of urea groups is 1. The van der Waals surface area contributed by atoms with Gasteiger partial charge in [0, 0.05) is 24.0 Å². The van der Waals surface area contributed by atoms with Crippen molar-refractivity contribution in [2.45, 2.75) is 25.3 Å². The average Bonchev–Trinajstić information content (AvgIpc) is 3.23. The van der Waals surface area contributed by atoms with Gasteiger partial charge in [-0.3, -0.25) is 4.79 Å². The molecule has 0 saturated carbocycles. The van der Waals surface area contributed by atoms with Gasteiger partial charge in [0.25, 0.3) is 0 Å². The smallest absolute Gasteiger partial charge is 0.429 e. The van der Waals surface area contributed by atoms with Gasteiger partial charge in [-0.25, -0.2) is 20.0 Å². The largest absolute Gasteiger partial charge is 0.497 e. The summed E-state index contributed by atoms with van der Waals surface area (Å²) in [6.07, 6.45) is -0.547. The first-order valence-corrected chi connectivity index (χ1v) is 12.1. The van der Waals surface area contributed by atoms with Gasteiger partial charge in [-0.05, 0) is 40.8 Å². The first-order chi connectivity index (χ1) is 18.4. The number of carboxylic acid groups (broad SMARTS) is 1. The van der Waals surface area contributed by atoms with E-state index in [1.807, 2.05) is 48.5 Å². The molecular formula is C28H29N3O7. The van der Waals surface area contributed by atoms with Crippen LogP contribution in [-0.2, 0) is 16.1 Å². The number of nitrogens with zero attached hydrogens (tertiary/aromatic N) is 1. The van der Waals surface area contributed by atoms with Crippen LogP contribution < -0.4 is 20.6 Å². The van der Waals surface area contributed by atoms with E-state index in [1.165, 1.54) is 7.11 Å². The molecule has 0 aromatic heterocycles. The van der Waals surface area contributed by atoms with E-state index < -0.39 is 18.1 Å². The minimum atomic E-state index is -0.934. The number of hydrazine groups is 1. The Balaban J connectivity index is 1.49. The van der Waals surface area contributed by atoms with Crippen LogP contribution in [0.4, 0.5) is 9.59 Å². The van der Waals surface area contributed by atoms with E-state index in [0.717, 1.165) is 27.3 Å². The molecule has 10 heteroatoms. The summed E-state index contributed by atoms with van der Waals surface area (Å²) in [5.41, 5.74) is 12.5. The highest BCUT2D eigenvalue weighted by molar-refractivity contribution is 5.79. The Bertz CT molecular complexity index is 1280. The van der Waals surface area contributed by atoms with E-state index >= 15 is 0 Å². The number of nitrogens with two attached hydrogens (primary N) is 1. The Morgan fingerprint density at radius 2 is 1.66 bits per heavy atom. The number of hydrogen-bond acceptors (Lipinski definition) is 6. The third-order valence-electron chi connectivity index (χ3n) is 6.20. The van der Waals surface area contributed by atoms with Gasteiger partial charge in [-0.2, -0.15) is 0 Å². The molecule has 0 spiro atoms. The summed E-state index contributed by atoms with van der Waals surface area (Å²) in [5, 5.41) is 9.84. The van der Waals surface area contributed by atoms with Gasteiger partial charge >= 0.3 is 18.1 Å². The van der Waals surface area contributed by atoms with Crippen molar-refractivity contribution in [3.63, 3.8) is 0 Å². The van der Waals surface area contributed by atoms with E-state index in [9.17, 15) is 14.4 Å². The Hall–Kier alpha value is -4.73. The number of rotatable bonds is 10. The Morgan fingerprint density at radius 1 is 1.00 bits per heavy atom. The fraction of sp³-hybridized carbons (Fsp3) is 0.250. The van der Waals surface area contributed by atoms with Crippen LogP contribution in [-0.4, -0.2) is 48.5 Å². The SMILES string of the molecule is COc1ccc(CN(NC(N)=O)C(=O)OCC2c3ccccc3-c3ccccc32)c(OCCCC(=O)O)c1.